The molecular formula is C19H34O6. The van der Waals surface area contributed by atoms with Gasteiger partial charge >= 0.3 is 11.9 Å². The van der Waals surface area contributed by atoms with E-state index < -0.39 is 5.97 Å². The molecule has 25 heavy (non-hydrogen) atoms. The minimum Gasteiger partial charge on any atom is -0.462 e. The van der Waals surface area contributed by atoms with Crippen LogP contribution in [0.5, 0.6) is 0 Å². The van der Waals surface area contributed by atoms with Crippen molar-refractivity contribution in [3.63, 3.8) is 0 Å². The lowest BCUT2D eigenvalue weighted by Gasteiger charge is -2.03. The fourth-order valence-corrected chi connectivity index (χ4v) is 1.46. The third-order valence-corrected chi connectivity index (χ3v) is 2.91. The maximum Gasteiger partial charge on any atom is 0.333 e. The van der Waals surface area contributed by atoms with Crippen LogP contribution < -0.4 is 0 Å². The molecule has 0 fully saturated rings. The first kappa shape index (κ1) is 25.6. The highest BCUT2D eigenvalue weighted by Crippen LogP contribution is 2.00. The first-order valence-corrected chi connectivity index (χ1v) is 8.80. The van der Waals surface area contributed by atoms with Gasteiger partial charge in [0.25, 0.3) is 0 Å². The topological polar surface area (TPSA) is 82.1 Å². The molecule has 0 aromatic rings. The first-order chi connectivity index (χ1) is 12.0. The van der Waals surface area contributed by atoms with Crippen LogP contribution in [0.2, 0.25) is 0 Å². The largest absolute Gasteiger partial charge is 0.462 e. The Morgan fingerprint density at radius 1 is 0.960 bits per heavy atom. The molecule has 0 aliphatic rings. The summed E-state index contributed by atoms with van der Waals surface area (Å²) in [6, 6.07) is 0. The number of aliphatic hydroxyl groups is 1. The molecule has 1 N–H and O–H groups in total. The predicted octanol–water partition coefficient (Wildman–Crippen LogP) is 3.19. The van der Waals surface area contributed by atoms with Crippen molar-refractivity contribution >= 4 is 11.9 Å². The minimum atomic E-state index is -0.394. The van der Waals surface area contributed by atoms with E-state index in [0.29, 0.717) is 25.4 Å². The van der Waals surface area contributed by atoms with Gasteiger partial charge in [-0.1, -0.05) is 32.9 Å². The average Bonchev–Trinajstić information content (AvgIpc) is 2.61. The van der Waals surface area contributed by atoms with Crippen LogP contribution in [-0.4, -0.2) is 50.1 Å². The van der Waals surface area contributed by atoms with Crippen molar-refractivity contribution in [3.05, 3.63) is 24.8 Å². The normalized spacial score (nSPS) is 9.56. The van der Waals surface area contributed by atoms with Crippen LogP contribution in [0, 0.1) is 0 Å². The second kappa shape index (κ2) is 20.4. The number of ether oxygens (including phenoxy) is 3. The Morgan fingerprint density at radius 2 is 1.64 bits per heavy atom. The summed E-state index contributed by atoms with van der Waals surface area (Å²) in [6.45, 7) is 12.7. The number of aliphatic hydroxyl groups excluding tert-OH is 1. The zero-order chi connectivity index (χ0) is 19.3. The van der Waals surface area contributed by atoms with Crippen LogP contribution in [-0.2, 0) is 23.8 Å². The van der Waals surface area contributed by atoms with Crippen LogP contribution in [0.1, 0.15) is 52.4 Å². The smallest absolute Gasteiger partial charge is 0.333 e. The van der Waals surface area contributed by atoms with E-state index in [0.717, 1.165) is 51.2 Å². The number of hydrogen-bond donors (Lipinski definition) is 1. The van der Waals surface area contributed by atoms with Crippen molar-refractivity contribution in [3.8, 4) is 0 Å². The van der Waals surface area contributed by atoms with Gasteiger partial charge in [0.1, 0.15) is 6.61 Å². The first-order valence-electron chi connectivity index (χ1n) is 8.80. The van der Waals surface area contributed by atoms with Gasteiger partial charge in [-0.15, -0.1) is 0 Å². The molecule has 0 heterocycles. The highest BCUT2D eigenvalue weighted by Gasteiger charge is 2.01. The van der Waals surface area contributed by atoms with E-state index in [4.69, 9.17) is 14.6 Å². The summed E-state index contributed by atoms with van der Waals surface area (Å²) in [4.78, 5) is 21.4. The lowest BCUT2D eigenvalue weighted by Crippen LogP contribution is -2.08. The van der Waals surface area contributed by atoms with Crippen LogP contribution in [0.15, 0.2) is 24.8 Å². The van der Waals surface area contributed by atoms with Gasteiger partial charge in [0.05, 0.1) is 13.2 Å². The molecule has 0 aliphatic heterocycles. The van der Waals surface area contributed by atoms with E-state index >= 15 is 0 Å². The Kier molecular flexibility index (Phi) is 20.9. The van der Waals surface area contributed by atoms with Gasteiger partial charge in [-0.25, -0.2) is 9.59 Å². The summed E-state index contributed by atoms with van der Waals surface area (Å²) in [5, 5.41) is 8.49. The summed E-state index contributed by atoms with van der Waals surface area (Å²) >= 11 is 0. The molecule has 6 heteroatoms. The molecule has 0 aromatic carbocycles. The van der Waals surface area contributed by atoms with E-state index in [1.807, 2.05) is 0 Å². The molecule has 0 saturated heterocycles. The third kappa shape index (κ3) is 22.3. The highest BCUT2D eigenvalue weighted by atomic mass is 16.6. The van der Waals surface area contributed by atoms with E-state index in [1.54, 1.807) is 6.92 Å². The maximum atomic E-state index is 10.9. The Morgan fingerprint density at radius 3 is 2.20 bits per heavy atom. The fourth-order valence-electron chi connectivity index (χ4n) is 1.46. The number of carbonyl (C=O) groups excluding carboxylic acids is 2. The van der Waals surface area contributed by atoms with Gasteiger partial charge in [0.15, 0.2) is 0 Å². The van der Waals surface area contributed by atoms with Gasteiger partial charge in [-0.2, -0.15) is 0 Å². The van der Waals surface area contributed by atoms with Crippen LogP contribution in [0.3, 0.4) is 0 Å². The maximum absolute atomic E-state index is 10.9. The molecule has 0 atom stereocenters. The molecule has 6 nitrogen and oxygen atoms in total. The zero-order valence-electron chi connectivity index (χ0n) is 15.8. The zero-order valence-corrected chi connectivity index (χ0v) is 15.8. The summed E-state index contributed by atoms with van der Waals surface area (Å²) in [6.07, 6.45) is 6.98. The average molecular weight is 358 g/mol. The second-order valence-electron chi connectivity index (χ2n) is 5.39. The van der Waals surface area contributed by atoms with Crippen molar-refractivity contribution in [2.75, 3.05) is 33.0 Å². The molecule has 146 valence electrons. The third-order valence-electron chi connectivity index (χ3n) is 2.91. The molecule has 0 radical (unpaired) electrons. The monoisotopic (exact) mass is 358 g/mol. The molecule has 0 saturated carbocycles. The number of esters is 2. The Balaban J connectivity index is 0. The highest BCUT2D eigenvalue weighted by molar-refractivity contribution is 5.86. The predicted molar refractivity (Wildman–Crippen MR) is 98.2 cm³/mol. The van der Waals surface area contributed by atoms with E-state index in [1.165, 1.54) is 0 Å². The molecular weight excluding hydrogens is 324 g/mol. The summed E-state index contributed by atoms with van der Waals surface area (Å²) < 4.78 is 14.7. The van der Waals surface area contributed by atoms with Gasteiger partial charge < -0.3 is 19.3 Å². The molecule has 0 amide bonds. The van der Waals surface area contributed by atoms with Crippen molar-refractivity contribution in [2.45, 2.75) is 52.4 Å². The van der Waals surface area contributed by atoms with Gasteiger partial charge in [-0.05, 0) is 32.6 Å². The van der Waals surface area contributed by atoms with Crippen LogP contribution in [0.4, 0.5) is 0 Å². The van der Waals surface area contributed by atoms with Gasteiger partial charge in [-0.3, -0.25) is 0 Å². The Bertz CT molecular complexity index is 365. The van der Waals surface area contributed by atoms with Gasteiger partial charge in [0, 0.05) is 24.9 Å². The molecule has 0 unspecified atom stereocenters. The summed E-state index contributed by atoms with van der Waals surface area (Å²) in [5.41, 5.74) is 0.440. The van der Waals surface area contributed by atoms with Gasteiger partial charge in [0.2, 0.25) is 0 Å². The van der Waals surface area contributed by atoms with E-state index in [-0.39, 0.29) is 12.6 Å². The molecule has 0 spiro atoms. The van der Waals surface area contributed by atoms with Crippen molar-refractivity contribution in [1.29, 1.82) is 0 Å². The summed E-state index contributed by atoms with van der Waals surface area (Å²) in [7, 11) is 0. The molecule has 0 bridgehead atoms. The van der Waals surface area contributed by atoms with E-state index in [9.17, 15) is 9.59 Å². The quantitative estimate of drug-likeness (QED) is 0.292. The van der Waals surface area contributed by atoms with Crippen LogP contribution in [0.25, 0.3) is 0 Å². The molecule has 0 aromatic heterocycles. The lowest BCUT2D eigenvalue weighted by molar-refractivity contribution is -0.140. The Labute approximate surface area is 151 Å². The van der Waals surface area contributed by atoms with Crippen molar-refractivity contribution in [1.82, 2.24) is 0 Å². The molecule has 0 aliphatic carbocycles. The molecule has 0 rings (SSSR count). The number of carbonyl (C=O) groups is 2. The lowest BCUT2D eigenvalue weighted by atomic mass is 10.2. The van der Waals surface area contributed by atoms with Crippen molar-refractivity contribution in [2.24, 2.45) is 0 Å². The Hall–Kier alpha value is -1.66. The number of hydrogen-bond acceptors (Lipinski definition) is 6. The number of unbranched alkanes of at least 4 members (excludes halogenated alkanes) is 4. The van der Waals surface area contributed by atoms with Crippen LogP contribution >= 0.6 is 0 Å². The van der Waals surface area contributed by atoms with E-state index in [2.05, 4.69) is 24.8 Å². The SMILES string of the molecule is C=C(C)C(=O)OCCCCCCO.C=CC(=O)OCCOCCCC. The second-order valence-corrected chi connectivity index (χ2v) is 5.39. The standard InChI is InChI=1S/C10H18O3.C9H16O3/c1-9(2)10(12)13-8-6-4-3-5-7-11;1-3-5-6-11-7-8-12-9(10)4-2/h11H,1,3-8H2,2H3;4H,2-3,5-8H2,1H3. The fraction of sp³-hybridized carbons (Fsp3) is 0.684. The number of rotatable bonds is 14. The summed E-state index contributed by atoms with van der Waals surface area (Å²) in [5.74, 6) is -0.712. The van der Waals surface area contributed by atoms with Crippen molar-refractivity contribution < 1.29 is 28.9 Å². The minimum absolute atomic E-state index is 0.242.